The first-order valence-electron chi connectivity index (χ1n) is 6.33. The number of benzene rings is 1. The highest BCUT2D eigenvalue weighted by atomic mass is 16.1. The summed E-state index contributed by atoms with van der Waals surface area (Å²) in [6.07, 6.45) is 0.919. The number of hydrogen-bond acceptors (Lipinski definition) is 1. The first-order valence-corrected chi connectivity index (χ1v) is 6.33. The highest BCUT2D eigenvalue weighted by molar-refractivity contribution is 5.78. The molecule has 1 rings (SSSR count). The molecule has 0 saturated heterocycles. The molecule has 1 aromatic carbocycles. The van der Waals surface area contributed by atoms with Gasteiger partial charge in [-0.3, -0.25) is 4.79 Å². The van der Waals surface area contributed by atoms with Crippen LogP contribution in [-0.4, -0.2) is 5.91 Å². The zero-order valence-corrected chi connectivity index (χ0v) is 11.5. The molecule has 2 heteroatoms. The predicted molar refractivity (Wildman–Crippen MR) is 71.9 cm³/mol. The Morgan fingerprint density at radius 2 is 1.94 bits per heavy atom. The Labute approximate surface area is 104 Å². The third-order valence-electron chi connectivity index (χ3n) is 3.05. The van der Waals surface area contributed by atoms with Gasteiger partial charge in [0.05, 0.1) is 6.04 Å². The Hall–Kier alpha value is -1.31. The molecule has 0 aliphatic carbocycles. The standard InChI is InChI=1S/C15H23NO/c1-6-14(16-15(17)10(2)3)13-8-7-11(4)9-12(13)5/h7-10,14H,6H2,1-5H3,(H,16,17)/t14-/m1/s1. The van der Waals surface area contributed by atoms with Crippen molar-refractivity contribution >= 4 is 5.91 Å². The third kappa shape index (κ3) is 3.58. The van der Waals surface area contributed by atoms with Crippen LogP contribution in [0.2, 0.25) is 0 Å². The fourth-order valence-electron chi connectivity index (χ4n) is 1.95. The second-order valence-corrected chi connectivity index (χ2v) is 4.98. The minimum Gasteiger partial charge on any atom is -0.349 e. The van der Waals surface area contributed by atoms with Crippen LogP contribution in [0.3, 0.4) is 0 Å². The second kappa shape index (κ2) is 5.85. The molecule has 0 fully saturated rings. The van der Waals surface area contributed by atoms with Crippen molar-refractivity contribution in [2.45, 2.75) is 47.1 Å². The number of carbonyl (C=O) groups excluding carboxylic acids is 1. The number of nitrogens with one attached hydrogen (secondary N) is 1. The lowest BCUT2D eigenvalue weighted by molar-refractivity contribution is -0.124. The quantitative estimate of drug-likeness (QED) is 0.847. The Bertz CT molecular complexity index is 396. The molecule has 0 spiro atoms. The molecule has 0 aliphatic rings. The summed E-state index contributed by atoms with van der Waals surface area (Å²) in [6, 6.07) is 6.52. The molecule has 0 aromatic heterocycles. The summed E-state index contributed by atoms with van der Waals surface area (Å²) in [4.78, 5) is 11.8. The average Bonchev–Trinajstić information content (AvgIpc) is 2.26. The van der Waals surface area contributed by atoms with Gasteiger partial charge in [0.25, 0.3) is 0 Å². The number of amides is 1. The van der Waals surface area contributed by atoms with Crippen molar-refractivity contribution in [2.75, 3.05) is 0 Å². The van der Waals surface area contributed by atoms with E-state index in [1.807, 2.05) is 13.8 Å². The summed E-state index contributed by atoms with van der Waals surface area (Å²) in [7, 11) is 0. The molecule has 17 heavy (non-hydrogen) atoms. The Kier molecular flexibility index (Phi) is 4.73. The molecule has 1 atom stereocenters. The maximum absolute atomic E-state index is 11.8. The summed E-state index contributed by atoms with van der Waals surface area (Å²) in [5, 5.41) is 3.10. The highest BCUT2D eigenvalue weighted by Gasteiger charge is 2.16. The molecule has 1 N–H and O–H groups in total. The summed E-state index contributed by atoms with van der Waals surface area (Å²) >= 11 is 0. The van der Waals surface area contributed by atoms with Crippen LogP contribution in [0.15, 0.2) is 18.2 Å². The number of aryl methyl sites for hydroxylation is 2. The number of carbonyl (C=O) groups is 1. The van der Waals surface area contributed by atoms with E-state index in [0.29, 0.717) is 0 Å². The van der Waals surface area contributed by atoms with Gasteiger partial charge in [0, 0.05) is 5.92 Å². The van der Waals surface area contributed by atoms with E-state index in [1.54, 1.807) is 0 Å². The number of hydrogen-bond donors (Lipinski definition) is 1. The molecule has 0 unspecified atom stereocenters. The van der Waals surface area contributed by atoms with Gasteiger partial charge in [0.15, 0.2) is 0 Å². The maximum Gasteiger partial charge on any atom is 0.223 e. The van der Waals surface area contributed by atoms with Gasteiger partial charge in [-0.25, -0.2) is 0 Å². The largest absolute Gasteiger partial charge is 0.349 e. The normalized spacial score (nSPS) is 12.6. The molecule has 0 heterocycles. The first kappa shape index (κ1) is 13.8. The van der Waals surface area contributed by atoms with E-state index in [4.69, 9.17) is 0 Å². The Morgan fingerprint density at radius 1 is 1.29 bits per heavy atom. The topological polar surface area (TPSA) is 29.1 Å². The van der Waals surface area contributed by atoms with Gasteiger partial charge in [0.2, 0.25) is 5.91 Å². The van der Waals surface area contributed by atoms with Gasteiger partial charge >= 0.3 is 0 Å². The first-order chi connectivity index (χ1) is 7.95. The van der Waals surface area contributed by atoms with Crippen LogP contribution in [0.25, 0.3) is 0 Å². The molecule has 0 radical (unpaired) electrons. The van der Waals surface area contributed by atoms with Crippen LogP contribution < -0.4 is 5.32 Å². The van der Waals surface area contributed by atoms with Crippen molar-refractivity contribution in [3.05, 3.63) is 34.9 Å². The minimum atomic E-state index is 0.0369. The molecule has 0 saturated carbocycles. The predicted octanol–water partition coefficient (Wildman–Crippen LogP) is 3.53. The van der Waals surface area contributed by atoms with Gasteiger partial charge < -0.3 is 5.32 Å². The van der Waals surface area contributed by atoms with Crippen LogP contribution in [0.4, 0.5) is 0 Å². The van der Waals surface area contributed by atoms with Crippen molar-refractivity contribution in [3.63, 3.8) is 0 Å². The van der Waals surface area contributed by atoms with Gasteiger partial charge in [-0.05, 0) is 31.4 Å². The lowest BCUT2D eigenvalue weighted by atomic mass is 9.97. The second-order valence-electron chi connectivity index (χ2n) is 4.98. The summed E-state index contributed by atoms with van der Waals surface area (Å²) in [5.41, 5.74) is 3.74. The Morgan fingerprint density at radius 3 is 2.41 bits per heavy atom. The third-order valence-corrected chi connectivity index (χ3v) is 3.05. The average molecular weight is 233 g/mol. The maximum atomic E-state index is 11.8. The fourth-order valence-corrected chi connectivity index (χ4v) is 1.95. The molecule has 0 aliphatic heterocycles. The van der Waals surface area contributed by atoms with Crippen molar-refractivity contribution in [3.8, 4) is 0 Å². The molecule has 2 nitrogen and oxygen atoms in total. The lowest BCUT2D eigenvalue weighted by Gasteiger charge is -2.21. The van der Waals surface area contributed by atoms with E-state index < -0.39 is 0 Å². The summed E-state index contributed by atoms with van der Waals surface area (Å²) < 4.78 is 0. The van der Waals surface area contributed by atoms with E-state index in [1.165, 1.54) is 16.7 Å². The fraction of sp³-hybridized carbons (Fsp3) is 0.533. The van der Waals surface area contributed by atoms with Gasteiger partial charge in [-0.1, -0.05) is 44.5 Å². The lowest BCUT2D eigenvalue weighted by Crippen LogP contribution is -2.31. The molecular weight excluding hydrogens is 210 g/mol. The number of rotatable bonds is 4. The minimum absolute atomic E-state index is 0.0369. The van der Waals surface area contributed by atoms with Crippen LogP contribution in [0.1, 0.15) is 49.9 Å². The SMILES string of the molecule is CC[C@@H](NC(=O)C(C)C)c1ccc(C)cc1C. The van der Waals surface area contributed by atoms with E-state index in [2.05, 4.69) is 44.3 Å². The highest BCUT2D eigenvalue weighted by Crippen LogP contribution is 2.22. The smallest absolute Gasteiger partial charge is 0.223 e. The Balaban J connectivity index is 2.90. The van der Waals surface area contributed by atoms with Crippen molar-refractivity contribution < 1.29 is 4.79 Å². The monoisotopic (exact) mass is 233 g/mol. The van der Waals surface area contributed by atoms with Gasteiger partial charge in [-0.15, -0.1) is 0 Å². The molecule has 94 valence electrons. The van der Waals surface area contributed by atoms with Crippen LogP contribution in [-0.2, 0) is 4.79 Å². The zero-order valence-electron chi connectivity index (χ0n) is 11.5. The van der Waals surface area contributed by atoms with Crippen molar-refractivity contribution in [2.24, 2.45) is 5.92 Å². The molecular formula is C15H23NO. The van der Waals surface area contributed by atoms with Gasteiger partial charge in [0.1, 0.15) is 0 Å². The van der Waals surface area contributed by atoms with Crippen LogP contribution >= 0.6 is 0 Å². The van der Waals surface area contributed by atoms with E-state index in [0.717, 1.165) is 6.42 Å². The van der Waals surface area contributed by atoms with Gasteiger partial charge in [-0.2, -0.15) is 0 Å². The van der Waals surface area contributed by atoms with E-state index in [-0.39, 0.29) is 17.9 Å². The van der Waals surface area contributed by atoms with Crippen LogP contribution in [0, 0.1) is 19.8 Å². The molecule has 1 aromatic rings. The summed E-state index contributed by atoms with van der Waals surface area (Å²) in [5.74, 6) is 0.159. The van der Waals surface area contributed by atoms with Crippen LogP contribution in [0.5, 0.6) is 0 Å². The molecule has 1 amide bonds. The summed E-state index contributed by atoms with van der Waals surface area (Å²) in [6.45, 7) is 10.1. The van der Waals surface area contributed by atoms with Crippen molar-refractivity contribution in [1.82, 2.24) is 5.32 Å². The van der Waals surface area contributed by atoms with E-state index in [9.17, 15) is 4.79 Å². The zero-order chi connectivity index (χ0) is 13.0. The molecule has 0 bridgehead atoms. The van der Waals surface area contributed by atoms with E-state index >= 15 is 0 Å². The van der Waals surface area contributed by atoms with Crippen molar-refractivity contribution in [1.29, 1.82) is 0 Å².